The molecule has 8 rings (SSSR count). The van der Waals surface area contributed by atoms with Gasteiger partial charge in [-0.2, -0.15) is 0 Å². The molecular weight excluding hydrogens is 584 g/mol. The zero-order valence-corrected chi connectivity index (χ0v) is 27.1. The number of fused-ring (bicyclic) bond motifs is 5. The summed E-state index contributed by atoms with van der Waals surface area (Å²) in [5.41, 5.74) is -3.68. The lowest BCUT2D eigenvalue weighted by Gasteiger charge is -2.61. The van der Waals surface area contributed by atoms with Gasteiger partial charge in [-0.05, 0) is 81.5 Å². The van der Waals surface area contributed by atoms with Crippen molar-refractivity contribution in [1.82, 2.24) is 0 Å². The monoisotopic (exact) mass is 636 g/mol. The number of aliphatic hydroxyl groups is 6. The molecule has 0 aromatic rings. The maximum atomic E-state index is 13.5. The molecule has 8 fully saturated rings. The molecule has 3 heterocycles. The van der Waals surface area contributed by atoms with Gasteiger partial charge in [-0.1, -0.05) is 20.8 Å². The molecule has 0 aromatic heterocycles. The Kier molecular flexibility index (Phi) is 6.65. The van der Waals surface area contributed by atoms with Crippen LogP contribution in [0.4, 0.5) is 0 Å². The molecule has 5 saturated carbocycles. The predicted octanol–water partition coefficient (Wildman–Crippen LogP) is 1.03. The Morgan fingerprint density at radius 3 is 2.38 bits per heavy atom. The summed E-state index contributed by atoms with van der Waals surface area (Å²) in [6.07, 6.45) is -3.17. The van der Waals surface area contributed by atoms with Crippen LogP contribution >= 0.6 is 0 Å². The number of aliphatic hydroxyl groups excluding tert-OH is 5. The maximum absolute atomic E-state index is 13.5. The van der Waals surface area contributed by atoms with E-state index in [2.05, 4.69) is 13.8 Å². The molecular formula is C34H52O11. The average molecular weight is 637 g/mol. The predicted molar refractivity (Wildman–Crippen MR) is 156 cm³/mol. The molecule has 254 valence electrons. The van der Waals surface area contributed by atoms with Gasteiger partial charge in [-0.15, -0.1) is 0 Å². The van der Waals surface area contributed by atoms with Crippen LogP contribution in [0, 0.1) is 45.8 Å². The van der Waals surface area contributed by atoms with E-state index < -0.39 is 83.4 Å². The molecule has 11 heteroatoms. The molecule has 1 spiro atoms. The largest absolute Gasteiger partial charge is 0.394 e. The number of hydrogen-bond acceptors (Lipinski definition) is 11. The second-order valence-corrected chi connectivity index (χ2v) is 17.1. The van der Waals surface area contributed by atoms with E-state index in [1.54, 1.807) is 0 Å². The zero-order chi connectivity index (χ0) is 32.3. The van der Waals surface area contributed by atoms with E-state index >= 15 is 0 Å². The van der Waals surface area contributed by atoms with Crippen molar-refractivity contribution >= 4 is 5.78 Å². The van der Waals surface area contributed by atoms with E-state index in [9.17, 15) is 35.4 Å². The van der Waals surface area contributed by atoms with E-state index in [-0.39, 0.29) is 29.1 Å². The number of Topliss-reactive ketones (excluding diaryl/α,β-unsaturated/α-hetero) is 1. The van der Waals surface area contributed by atoms with E-state index in [0.717, 1.165) is 25.7 Å². The minimum absolute atomic E-state index is 0.181. The average Bonchev–Trinajstić information content (AvgIpc) is 3.80. The minimum Gasteiger partial charge on any atom is -0.394 e. The third kappa shape index (κ3) is 3.64. The molecule has 3 aliphatic heterocycles. The number of carbonyl (C=O) groups is 1. The topological polar surface area (TPSA) is 179 Å². The lowest BCUT2D eigenvalue weighted by molar-refractivity contribution is -0.356. The van der Waals surface area contributed by atoms with Crippen LogP contribution in [-0.2, 0) is 23.7 Å². The summed E-state index contributed by atoms with van der Waals surface area (Å²) in [5.74, 6) is 0.949. The van der Waals surface area contributed by atoms with Gasteiger partial charge in [-0.25, -0.2) is 0 Å². The van der Waals surface area contributed by atoms with E-state index in [0.29, 0.717) is 37.4 Å². The molecule has 5 aliphatic carbocycles. The number of carbonyl (C=O) groups excluding carboxylic acids is 1. The Bertz CT molecular complexity index is 1260. The van der Waals surface area contributed by atoms with Gasteiger partial charge in [0, 0.05) is 29.6 Å². The Morgan fingerprint density at radius 1 is 0.956 bits per heavy atom. The lowest BCUT2D eigenvalue weighted by Crippen LogP contribution is -2.63. The van der Waals surface area contributed by atoms with E-state index in [4.69, 9.17) is 18.9 Å². The molecule has 0 unspecified atom stereocenters. The molecule has 0 aromatic carbocycles. The van der Waals surface area contributed by atoms with Crippen LogP contribution in [0.15, 0.2) is 0 Å². The second kappa shape index (κ2) is 9.49. The number of epoxide rings is 1. The van der Waals surface area contributed by atoms with Crippen LogP contribution in [0.5, 0.6) is 0 Å². The van der Waals surface area contributed by atoms with Crippen LogP contribution in [0.1, 0.15) is 86.0 Å². The molecule has 0 radical (unpaired) electrons. The quantitative estimate of drug-likeness (QED) is 0.238. The Morgan fingerprint density at radius 2 is 1.67 bits per heavy atom. The summed E-state index contributed by atoms with van der Waals surface area (Å²) >= 11 is 0. The van der Waals surface area contributed by atoms with Gasteiger partial charge in [0.1, 0.15) is 41.4 Å². The van der Waals surface area contributed by atoms with Gasteiger partial charge in [0.15, 0.2) is 12.6 Å². The SMILES string of the molecule is C[C@H]([C@H]1C[C@]2(C)O[C@]2(C)[C@H](O[C@@H]2O[C@H](CO)[C@@H](O)[C@H](O)[C@H]2O)O1)[C@@]1(O)CC[C@H]2[C@@H]3C[C@@H](O)[C@]45C[C@@H]4CC(=O)[C@]5(C)[C@H]3CC[C@@]21C. The van der Waals surface area contributed by atoms with Crippen molar-refractivity contribution in [2.24, 2.45) is 45.8 Å². The molecule has 3 saturated heterocycles. The lowest BCUT2D eigenvalue weighted by atomic mass is 9.44. The first-order valence-corrected chi connectivity index (χ1v) is 17.3. The highest BCUT2D eigenvalue weighted by molar-refractivity contribution is 5.91. The summed E-state index contributed by atoms with van der Waals surface area (Å²) in [6.45, 7) is 9.66. The molecule has 19 atom stereocenters. The third-order valence-corrected chi connectivity index (χ3v) is 15.8. The maximum Gasteiger partial charge on any atom is 0.192 e. The Labute approximate surface area is 264 Å². The van der Waals surface area contributed by atoms with Crippen molar-refractivity contribution in [3.8, 4) is 0 Å². The highest BCUT2D eigenvalue weighted by Crippen LogP contribution is 2.81. The first-order valence-electron chi connectivity index (χ1n) is 17.3. The highest BCUT2D eigenvalue weighted by Gasteiger charge is 2.81. The molecule has 45 heavy (non-hydrogen) atoms. The number of rotatable bonds is 5. The van der Waals surface area contributed by atoms with Crippen molar-refractivity contribution < 1.29 is 54.4 Å². The van der Waals surface area contributed by atoms with E-state index in [1.807, 2.05) is 20.8 Å². The van der Waals surface area contributed by atoms with Crippen LogP contribution < -0.4 is 0 Å². The first kappa shape index (κ1) is 31.5. The Hall–Kier alpha value is -0.730. The molecule has 0 bridgehead atoms. The highest BCUT2D eigenvalue weighted by atomic mass is 16.8. The van der Waals surface area contributed by atoms with Gasteiger partial charge in [0.25, 0.3) is 0 Å². The second-order valence-electron chi connectivity index (χ2n) is 17.1. The van der Waals surface area contributed by atoms with Crippen molar-refractivity contribution in [2.75, 3.05) is 6.61 Å². The summed E-state index contributed by atoms with van der Waals surface area (Å²) in [6, 6.07) is 0. The first-order chi connectivity index (χ1) is 21.0. The van der Waals surface area contributed by atoms with Crippen molar-refractivity contribution in [3.63, 3.8) is 0 Å². The van der Waals surface area contributed by atoms with Gasteiger partial charge in [-0.3, -0.25) is 4.79 Å². The number of hydrogen-bond donors (Lipinski definition) is 6. The minimum atomic E-state index is -1.58. The van der Waals surface area contributed by atoms with Crippen molar-refractivity contribution in [1.29, 1.82) is 0 Å². The molecule has 0 amide bonds. The van der Waals surface area contributed by atoms with Gasteiger partial charge >= 0.3 is 0 Å². The Balaban J connectivity index is 1.04. The summed E-state index contributed by atoms with van der Waals surface area (Å²) in [5, 5.41) is 65.2. The fourth-order valence-corrected chi connectivity index (χ4v) is 12.6. The smallest absolute Gasteiger partial charge is 0.192 e. The van der Waals surface area contributed by atoms with Gasteiger partial charge in [0.2, 0.25) is 0 Å². The summed E-state index contributed by atoms with van der Waals surface area (Å²) in [4.78, 5) is 13.5. The van der Waals surface area contributed by atoms with Crippen LogP contribution in [0.3, 0.4) is 0 Å². The fourth-order valence-electron chi connectivity index (χ4n) is 12.6. The number of ketones is 1. The standard InChI is InChI=1S/C34H52O11/c1-15(20-13-30(3)32(5,45-30)28(43-20)44-27-26(40)25(39)24(38)21(14-35)42-27)34(41)9-7-18-17-11-23(37)33-12-16(33)10-22(36)31(33,4)19(17)6-8-29(18,34)2/h15-21,23-28,35,37-41H,6-14H2,1-5H3/t15-,16+,17+,18+,19+,20-,21-,23-,24-,25+,26-,27+,28+,29+,30+,31+,32-,33+,34+/m1/s1. The van der Waals surface area contributed by atoms with Crippen molar-refractivity contribution in [3.05, 3.63) is 0 Å². The molecule has 8 aliphatic rings. The van der Waals surface area contributed by atoms with Crippen molar-refractivity contribution in [2.45, 2.75) is 152 Å². The molecule has 11 nitrogen and oxygen atoms in total. The van der Waals surface area contributed by atoms with Crippen LogP contribution in [0.2, 0.25) is 0 Å². The third-order valence-electron chi connectivity index (χ3n) is 15.8. The van der Waals surface area contributed by atoms with Crippen LogP contribution in [0.25, 0.3) is 0 Å². The number of ether oxygens (including phenoxy) is 4. The summed E-state index contributed by atoms with van der Waals surface area (Å²) in [7, 11) is 0. The zero-order valence-electron chi connectivity index (χ0n) is 27.1. The van der Waals surface area contributed by atoms with Crippen LogP contribution in [-0.4, -0.2) is 109 Å². The van der Waals surface area contributed by atoms with Gasteiger partial charge in [0.05, 0.1) is 24.4 Å². The summed E-state index contributed by atoms with van der Waals surface area (Å²) < 4.78 is 24.6. The normalized spacial score (nSPS) is 63.6. The fraction of sp³-hybridized carbons (Fsp3) is 0.971. The molecule has 6 N–H and O–H groups in total. The van der Waals surface area contributed by atoms with E-state index in [1.165, 1.54) is 0 Å². The van der Waals surface area contributed by atoms with Gasteiger partial charge < -0.3 is 49.6 Å².